The predicted octanol–water partition coefficient (Wildman–Crippen LogP) is 2.56. The Balaban J connectivity index is 2.04. The number of nitrogens with two attached hydrogens (primary N) is 1. The summed E-state index contributed by atoms with van der Waals surface area (Å²) in [7, 11) is 1.51. The van der Waals surface area contributed by atoms with Crippen LogP contribution in [0.5, 0.6) is 0 Å². The van der Waals surface area contributed by atoms with Crippen molar-refractivity contribution in [1.29, 1.82) is 0 Å². The van der Waals surface area contributed by atoms with E-state index in [1.54, 1.807) is 30.3 Å². The number of hydrogen-bond acceptors (Lipinski definition) is 3. The summed E-state index contributed by atoms with van der Waals surface area (Å²) in [5.74, 6) is -0.871. The van der Waals surface area contributed by atoms with Gasteiger partial charge in [-0.25, -0.2) is 4.39 Å². The van der Waals surface area contributed by atoms with Gasteiger partial charge in [0.15, 0.2) is 5.69 Å². The van der Waals surface area contributed by atoms with E-state index in [9.17, 15) is 9.18 Å². The highest BCUT2D eigenvalue weighted by atomic mass is 19.1. The zero-order valence-corrected chi connectivity index (χ0v) is 11.3. The number of halogens is 1. The van der Waals surface area contributed by atoms with E-state index in [1.807, 2.05) is 0 Å². The molecule has 0 spiro atoms. The number of carbonyl (C=O) groups is 1. The van der Waals surface area contributed by atoms with E-state index < -0.39 is 11.7 Å². The number of anilines is 2. The third-order valence-electron chi connectivity index (χ3n) is 3.31. The van der Waals surface area contributed by atoms with Crippen molar-refractivity contribution >= 4 is 28.2 Å². The second kappa shape index (κ2) is 4.90. The van der Waals surface area contributed by atoms with Gasteiger partial charge in [0.05, 0.1) is 11.2 Å². The molecule has 0 aliphatic carbocycles. The first kappa shape index (κ1) is 13.1. The van der Waals surface area contributed by atoms with Gasteiger partial charge in [-0.2, -0.15) is 5.10 Å². The van der Waals surface area contributed by atoms with Gasteiger partial charge in [0, 0.05) is 18.1 Å². The monoisotopic (exact) mass is 284 g/mol. The van der Waals surface area contributed by atoms with Gasteiger partial charge in [-0.05, 0) is 30.3 Å². The predicted molar refractivity (Wildman–Crippen MR) is 79.6 cm³/mol. The van der Waals surface area contributed by atoms with Gasteiger partial charge in [-0.1, -0.05) is 12.1 Å². The Hall–Kier alpha value is -2.89. The van der Waals surface area contributed by atoms with E-state index >= 15 is 0 Å². The van der Waals surface area contributed by atoms with Crippen molar-refractivity contribution in [3.05, 3.63) is 54.0 Å². The summed E-state index contributed by atoms with van der Waals surface area (Å²) in [5, 5.41) is 7.40. The van der Waals surface area contributed by atoms with Gasteiger partial charge in [0.2, 0.25) is 0 Å². The van der Waals surface area contributed by atoms with E-state index in [2.05, 4.69) is 10.2 Å². The summed E-state index contributed by atoms with van der Waals surface area (Å²) >= 11 is 0. The Bertz CT molecular complexity index is 827. The highest BCUT2D eigenvalue weighted by Gasteiger charge is 2.21. The second-order valence-electron chi connectivity index (χ2n) is 4.69. The van der Waals surface area contributed by atoms with E-state index in [-0.39, 0.29) is 11.4 Å². The van der Waals surface area contributed by atoms with Gasteiger partial charge < -0.3 is 10.6 Å². The van der Waals surface area contributed by atoms with Gasteiger partial charge in [-0.3, -0.25) is 9.89 Å². The van der Waals surface area contributed by atoms with Gasteiger partial charge in [-0.15, -0.1) is 0 Å². The SMILES string of the molecule is CN(C(=O)c1n[nH]c2ccc(N)cc12)c1ccccc1F. The van der Waals surface area contributed by atoms with E-state index in [4.69, 9.17) is 5.73 Å². The molecule has 1 amide bonds. The molecule has 0 aliphatic heterocycles. The summed E-state index contributed by atoms with van der Waals surface area (Å²) in [6, 6.07) is 11.2. The number of carbonyl (C=O) groups excluding carboxylic acids is 1. The molecule has 106 valence electrons. The van der Waals surface area contributed by atoms with Crippen LogP contribution in [0.25, 0.3) is 10.9 Å². The first-order chi connectivity index (χ1) is 10.1. The van der Waals surface area contributed by atoms with Gasteiger partial charge in [0.25, 0.3) is 5.91 Å². The van der Waals surface area contributed by atoms with Crippen LogP contribution >= 0.6 is 0 Å². The number of aromatic nitrogens is 2. The maximum Gasteiger partial charge on any atom is 0.279 e. The van der Waals surface area contributed by atoms with Crippen LogP contribution in [0.4, 0.5) is 15.8 Å². The molecule has 1 aromatic heterocycles. The average molecular weight is 284 g/mol. The summed E-state index contributed by atoms with van der Waals surface area (Å²) < 4.78 is 13.8. The van der Waals surface area contributed by atoms with Crippen molar-refractivity contribution in [3.63, 3.8) is 0 Å². The van der Waals surface area contributed by atoms with Crippen LogP contribution in [0.15, 0.2) is 42.5 Å². The maximum atomic E-state index is 13.8. The van der Waals surface area contributed by atoms with Crippen LogP contribution in [0.3, 0.4) is 0 Å². The number of H-pyrrole nitrogens is 1. The maximum absolute atomic E-state index is 13.8. The number of aromatic amines is 1. The minimum atomic E-state index is -0.465. The first-order valence-electron chi connectivity index (χ1n) is 6.34. The topological polar surface area (TPSA) is 75.0 Å². The molecule has 2 aromatic carbocycles. The van der Waals surface area contributed by atoms with Crippen LogP contribution in [0.2, 0.25) is 0 Å². The Morgan fingerprint density at radius 3 is 2.81 bits per heavy atom. The molecule has 1 heterocycles. The zero-order chi connectivity index (χ0) is 15.0. The fourth-order valence-corrected chi connectivity index (χ4v) is 2.19. The number of para-hydroxylation sites is 1. The van der Waals surface area contributed by atoms with Crippen LogP contribution in [-0.2, 0) is 0 Å². The summed E-state index contributed by atoms with van der Waals surface area (Å²) in [6.07, 6.45) is 0. The zero-order valence-electron chi connectivity index (χ0n) is 11.3. The Labute approximate surface area is 120 Å². The Morgan fingerprint density at radius 2 is 2.05 bits per heavy atom. The number of amides is 1. The third-order valence-corrected chi connectivity index (χ3v) is 3.31. The fraction of sp³-hybridized carbons (Fsp3) is 0.0667. The lowest BCUT2D eigenvalue weighted by molar-refractivity contribution is 0.0989. The molecule has 0 bridgehead atoms. The number of benzene rings is 2. The van der Waals surface area contributed by atoms with Crippen LogP contribution in [-0.4, -0.2) is 23.2 Å². The molecule has 0 radical (unpaired) electrons. The largest absolute Gasteiger partial charge is 0.399 e. The van der Waals surface area contributed by atoms with E-state index in [1.165, 1.54) is 24.1 Å². The minimum Gasteiger partial charge on any atom is -0.399 e. The van der Waals surface area contributed by atoms with Crippen molar-refractivity contribution < 1.29 is 9.18 Å². The van der Waals surface area contributed by atoms with Gasteiger partial charge in [0.1, 0.15) is 5.82 Å². The summed E-state index contributed by atoms with van der Waals surface area (Å²) in [6.45, 7) is 0. The smallest absolute Gasteiger partial charge is 0.279 e. The Morgan fingerprint density at radius 1 is 1.29 bits per heavy atom. The molecule has 0 aliphatic rings. The van der Waals surface area contributed by atoms with E-state index in [0.717, 1.165) is 0 Å². The third kappa shape index (κ3) is 2.20. The molecule has 5 nitrogen and oxygen atoms in total. The molecule has 3 N–H and O–H groups in total. The standard InChI is InChI=1S/C15H13FN4O/c1-20(13-5-3-2-4-11(13)16)15(21)14-10-8-9(17)6-7-12(10)18-19-14/h2-8H,17H2,1H3,(H,18,19). The number of nitrogens with zero attached hydrogens (tertiary/aromatic N) is 2. The van der Waals surface area contributed by atoms with Crippen molar-refractivity contribution in [1.82, 2.24) is 10.2 Å². The van der Waals surface area contributed by atoms with Crippen molar-refractivity contribution in [3.8, 4) is 0 Å². The lowest BCUT2D eigenvalue weighted by Gasteiger charge is -2.16. The lowest BCUT2D eigenvalue weighted by Crippen LogP contribution is -2.27. The molecular formula is C15H13FN4O. The summed E-state index contributed by atoms with van der Waals surface area (Å²) in [4.78, 5) is 13.7. The Kier molecular flexibility index (Phi) is 3.06. The second-order valence-corrected chi connectivity index (χ2v) is 4.69. The first-order valence-corrected chi connectivity index (χ1v) is 6.34. The molecule has 0 fully saturated rings. The number of fused-ring (bicyclic) bond motifs is 1. The molecule has 21 heavy (non-hydrogen) atoms. The van der Waals surface area contributed by atoms with Crippen molar-refractivity contribution in [2.24, 2.45) is 0 Å². The lowest BCUT2D eigenvalue weighted by atomic mass is 10.1. The van der Waals surface area contributed by atoms with Crippen LogP contribution in [0.1, 0.15) is 10.5 Å². The molecular weight excluding hydrogens is 271 g/mol. The number of hydrogen-bond donors (Lipinski definition) is 2. The summed E-state index contributed by atoms with van der Waals surface area (Å²) in [5.41, 5.74) is 7.38. The molecule has 0 saturated carbocycles. The van der Waals surface area contributed by atoms with Gasteiger partial charge >= 0.3 is 0 Å². The van der Waals surface area contributed by atoms with Crippen LogP contribution in [0, 0.1) is 5.82 Å². The number of nitrogen functional groups attached to an aromatic ring is 1. The highest BCUT2D eigenvalue weighted by molar-refractivity contribution is 6.12. The van der Waals surface area contributed by atoms with Crippen molar-refractivity contribution in [2.75, 3.05) is 17.7 Å². The number of rotatable bonds is 2. The number of nitrogens with one attached hydrogen (secondary N) is 1. The highest BCUT2D eigenvalue weighted by Crippen LogP contribution is 2.23. The van der Waals surface area contributed by atoms with Crippen molar-refractivity contribution in [2.45, 2.75) is 0 Å². The molecule has 3 rings (SSSR count). The van der Waals surface area contributed by atoms with E-state index in [0.29, 0.717) is 16.6 Å². The molecule has 0 unspecified atom stereocenters. The normalized spacial score (nSPS) is 10.8. The van der Waals surface area contributed by atoms with Crippen LogP contribution < -0.4 is 10.6 Å². The molecule has 6 heteroatoms. The average Bonchev–Trinajstić information content (AvgIpc) is 2.89. The minimum absolute atomic E-state index is 0.197. The fourth-order valence-electron chi connectivity index (χ4n) is 2.19. The quantitative estimate of drug-likeness (QED) is 0.710. The molecule has 0 saturated heterocycles. The molecule has 3 aromatic rings. The molecule has 0 atom stereocenters.